The van der Waals surface area contributed by atoms with Crippen molar-refractivity contribution in [2.45, 2.75) is 39.3 Å². The number of tetrazole rings is 1. The maximum Gasteiger partial charge on any atom is 0.272 e. The van der Waals surface area contributed by atoms with Crippen molar-refractivity contribution in [1.82, 2.24) is 40.0 Å². The number of nitrogens with one attached hydrogen (secondary N) is 1. The van der Waals surface area contributed by atoms with E-state index in [1.165, 1.54) is 19.1 Å². The van der Waals surface area contributed by atoms with Gasteiger partial charge in [-0.1, -0.05) is 25.5 Å². The van der Waals surface area contributed by atoms with Crippen LogP contribution >= 0.6 is 0 Å². The number of pyridine rings is 1. The van der Waals surface area contributed by atoms with Crippen molar-refractivity contribution >= 4 is 28.6 Å². The number of aryl methyl sites for hydroxylation is 1. The van der Waals surface area contributed by atoms with Gasteiger partial charge in [-0.2, -0.15) is 4.80 Å². The number of oxazole rings is 1. The van der Waals surface area contributed by atoms with Gasteiger partial charge >= 0.3 is 0 Å². The first kappa shape index (κ1) is 29.1. The average Bonchev–Trinajstić information content (AvgIpc) is 3.68. The lowest BCUT2D eigenvalue weighted by atomic mass is 10.0. The molecular formula is C31H32FN9O3. The molecule has 0 aliphatic carbocycles. The molecule has 226 valence electrons. The van der Waals surface area contributed by atoms with Gasteiger partial charge in [-0.15, -0.1) is 10.2 Å². The van der Waals surface area contributed by atoms with Crippen molar-refractivity contribution in [3.8, 4) is 11.5 Å². The van der Waals surface area contributed by atoms with Gasteiger partial charge in [0.25, 0.3) is 5.91 Å². The zero-order valence-electron chi connectivity index (χ0n) is 24.5. The number of halogens is 1. The second-order valence-electron chi connectivity index (χ2n) is 10.7. The van der Waals surface area contributed by atoms with Crippen molar-refractivity contribution in [2.24, 2.45) is 0 Å². The Morgan fingerprint density at radius 3 is 2.59 bits per heavy atom. The number of benzene rings is 2. The molecule has 13 heteroatoms. The number of rotatable bonds is 9. The fourth-order valence-corrected chi connectivity index (χ4v) is 5.29. The fraction of sp³-hybridized carbons (Fsp3) is 0.323. The Hall–Kier alpha value is -5.04. The van der Waals surface area contributed by atoms with Crippen LogP contribution in [0.5, 0.6) is 0 Å². The molecule has 0 saturated carbocycles. The molecule has 1 unspecified atom stereocenters. The fourth-order valence-electron chi connectivity index (χ4n) is 5.29. The molecule has 5 aromatic rings. The molecule has 1 aliphatic heterocycles. The molecular weight excluding hydrogens is 565 g/mol. The highest BCUT2D eigenvalue weighted by Crippen LogP contribution is 2.29. The molecule has 0 radical (unpaired) electrons. The van der Waals surface area contributed by atoms with Gasteiger partial charge in [0.1, 0.15) is 17.0 Å². The lowest BCUT2D eigenvalue weighted by Crippen LogP contribution is -2.50. The Labute approximate surface area is 252 Å². The summed E-state index contributed by atoms with van der Waals surface area (Å²) in [7, 11) is 0. The zero-order valence-corrected chi connectivity index (χ0v) is 24.5. The molecule has 1 aliphatic rings. The molecule has 44 heavy (non-hydrogen) atoms. The second kappa shape index (κ2) is 12.7. The van der Waals surface area contributed by atoms with E-state index in [9.17, 15) is 14.0 Å². The van der Waals surface area contributed by atoms with Crippen LogP contribution in [0.25, 0.3) is 22.6 Å². The highest BCUT2D eigenvalue weighted by atomic mass is 19.1. The average molecular weight is 598 g/mol. The summed E-state index contributed by atoms with van der Waals surface area (Å²) in [6.07, 6.45) is 3.52. The monoisotopic (exact) mass is 597 g/mol. The summed E-state index contributed by atoms with van der Waals surface area (Å²) in [6, 6.07) is 14.7. The molecule has 4 heterocycles. The van der Waals surface area contributed by atoms with Crippen molar-refractivity contribution in [2.75, 3.05) is 31.5 Å². The van der Waals surface area contributed by atoms with E-state index in [2.05, 4.69) is 42.5 Å². The van der Waals surface area contributed by atoms with E-state index >= 15 is 0 Å². The molecule has 3 aromatic heterocycles. The third-order valence-electron chi connectivity index (χ3n) is 7.51. The predicted molar refractivity (Wildman–Crippen MR) is 160 cm³/mol. The van der Waals surface area contributed by atoms with Gasteiger partial charge in [-0.25, -0.2) is 9.37 Å². The zero-order chi connectivity index (χ0) is 30.6. The number of carbonyl (C=O) groups is 2. The van der Waals surface area contributed by atoms with Crippen LogP contribution in [0.3, 0.4) is 0 Å². The minimum Gasteiger partial charge on any atom is -0.436 e. The highest BCUT2D eigenvalue weighted by Gasteiger charge is 2.32. The van der Waals surface area contributed by atoms with E-state index < -0.39 is 0 Å². The van der Waals surface area contributed by atoms with Gasteiger partial charge in [0.05, 0.1) is 12.6 Å². The highest BCUT2D eigenvalue weighted by molar-refractivity contribution is 5.94. The smallest absolute Gasteiger partial charge is 0.272 e. The van der Waals surface area contributed by atoms with Crippen LogP contribution in [0.15, 0.2) is 65.2 Å². The van der Waals surface area contributed by atoms with Crippen molar-refractivity contribution in [3.05, 3.63) is 83.7 Å². The summed E-state index contributed by atoms with van der Waals surface area (Å²) in [5.41, 5.74) is 3.53. The predicted octanol–water partition coefficient (Wildman–Crippen LogP) is 4.32. The van der Waals surface area contributed by atoms with Crippen LogP contribution in [-0.4, -0.2) is 78.0 Å². The molecule has 6 rings (SSSR count). The number of nitrogens with zero attached hydrogens (tertiary/aromatic N) is 8. The number of piperazine rings is 1. The Morgan fingerprint density at radius 1 is 1.05 bits per heavy atom. The number of anilines is 1. The maximum atomic E-state index is 13.8. The topological polar surface area (TPSA) is 135 Å². The standard InChI is InChI=1S/C31H32FN9O3/c1-3-4-13-41-37-29(36-38-41)28(21-5-7-23(32)8-6-21)39-14-16-40(17-15-39)31(43)26-18-22(11-12-33-26)30-35-25-19-24(34-20(2)42)9-10-27(25)44-30/h5-12,18-19,28H,3-4,13-17H2,1-2H3,(H,34,42). The minimum atomic E-state index is -0.324. The molecule has 0 bridgehead atoms. The Bertz CT molecular complexity index is 1780. The Morgan fingerprint density at radius 2 is 1.84 bits per heavy atom. The van der Waals surface area contributed by atoms with Crippen LogP contribution in [0.4, 0.5) is 10.1 Å². The molecule has 2 aromatic carbocycles. The van der Waals surface area contributed by atoms with E-state index in [1.54, 1.807) is 58.4 Å². The van der Waals surface area contributed by atoms with Gasteiger partial charge in [-0.3, -0.25) is 19.5 Å². The van der Waals surface area contributed by atoms with Crippen molar-refractivity contribution in [3.63, 3.8) is 0 Å². The van der Waals surface area contributed by atoms with Crippen LogP contribution in [-0.2, 0) is 11.3 Å². The molecule has 1 N–H and O–H groups in total. The quantitative estimate of drug-likeness (QED) is 0.264. The summed E-state index contributed by atoms with van der Waals surface area (Å²) < 4.78 is 19.7. The summed E-state index contributed by atoms with van der Waals surface area (Å²) >= 11 is 0. The van der Waals surface area contributed by atoms with Crippen LogP contribution in [0, 0.1) is 5.82 Å². The molecule has 1 saturated heterocycles. The number of fused-ring (bicyclic) bond motifs is 1. The molecule has 2 amide bonds. The summed E-state index contributed by atoms with van der Waals surface area (Å²) in [5, 5.41) is 15.9. The first-order valence-electron chi connectivity index (χ1n) is 14.6. The van der Waals surface area contributed by atoms with Gasteiger partial charge in [0.2, 0.25) is 11.8 Å². The lowest BCUT2D eigenvalue weighted by Gasteiger charge is -2.38. The van der Waals surface area contributed by atoms with Gasteiger partial charge in [-0.05, 0) is 59.7 Å². The molecule has 1 fully saturated rings. The van der Waals surface area contributed by atoms with Crippen LogP contribution in [0.2, 0.25) is 0 Å². The number of hydrogen-bond acceptors (Lipinski definition) is 9. The number of carbonyl (C=O) groups excluding carboxylic acids is 2. The number of amides is 2. The third kappa shape index (κ3) is 6.32. The third-order valence-corrected chi connectivity index (χ3v) is 7.51. The number of unbranched alkanes of at least 4 members (excludes halogenated alkanes) is 1. The Kier molecular flexibility index (Phi) is 8.37. The van der Waals surface area contributed by atoms with E-state index in [-0.39, 0.29) is 29.4 Å². The number of hydrogen-bond donors (Lipinski definition) is 1. The van der Waals surface area contributed by atoms with E-state index in [1.807, 2.05) is 0 Å². The van der Waals surface area contributed by atoms with Crippen LogP contribution in [0.1, 0.15) is 54.6 Å². The van der Waals surface area contributed by atoms with Crippen molar-refractivity contribution < 1.29 is 18.4 Å². The summed E-state index contributed by atoms with van der Waals surface area (Å²) in [5.74, 6) is 0.207. The van der Waals surface area contributed by atoms with Crippen LogP contribution < -0.4 is 5.32 Å². The number of aromatic nitrogens is 6. The lowest BCUT2D eigenvalue weighted by molar-refractivity contribution is -0.114. The minimum absolute atomic E-state index is 0.177. The largest absolute Gasteiger partial charge is 0.436 e. The first-order chi connectivity index (χ1) is 21.4. The first-order valence-corrected chi connectivity index (χ1v) is 14.6. The normalized spacial score (nSPS) is 14.6. The summed E-state index contributed by atoms with van der Waals surface area (Å²) in [6.45, 7) is 6.25. The molecule has 12 nitrogen and oxygen atoms in total. The second-order valence-corrected chi connectivity index (χ2v) is 10.7. The van der Waals surface area contributed by atoms with E-state index in [4.69, 9.17) is 4.42 Å². The van der Waals surface area contributed by atoms with E-state index in [0.717, 1.165) is 18.4 Å². The molecule has 0 spiro atoms. The van der Waals surface area contributed by atoms with E-state index in [0.29, 0.717) is 66.8 Å². The van der Waals surface area contributed by atoms with Gasteiger partial charge < -0.3 is 14.6 Å². The molecule has 1 atom stereocenters. The SMILES string of the molecule is CCCCn1nnc(C(c2ccc(F)cc2)N2CCN(C(=O)c3cc(-c4nc5cc(NC(C)=O)ccc5o4)ccn3)CC2)n1. The van der Waals surface area contributed by atoms with Gasteiger partial charge in [0, 0.05) is 50.6 Å². The Balaban J connectivity index is 1.17. The van der Waals surface area contributed by atoms with Crippen molar-refractivity contribution in [1.29, 1.82) is 0 Å². The maximum absolute atomic E-state index is 13.8. The summed E-state index contributed by atoms with van der Waals surface area (Å²) in [4.78, 5) is 39.4. The van der Waals surface area contributed by atoms with Gasteiger partial charge in [0.15, 0.2) is 11.4 Å².